The molecule has 0 N–H and O–H groups in total. The van der Waals surface area contributed by atoms with Crippen molar-refractivity contribution in [2.24, 2.45) is 5.92 Å². The van der Waals surface area contributed by atoms with E-state index < -0.39 is 0 Å². The standard InChI is InChI=1S/C28H39NO3/c1-6-27(30)29(20-23-9-13-25(31-5)14-10-23)17-15-28(24-11-7-22(4)8-12-24)16-18-32-26(19-28)21(2)3/h7-14,21,26H,6,15-20H2,1-5H3/t26-,28+/m0/s1. The molecule has 4 heteroatoms. The summed E-state index contributed by atoms with van der Waals surface area (Å²) in [6, 6.07) is 17.0. The summed E-state index contributed by atoms with van der Waals surface area (Å²) >= 11 is 0. The van der Waals surface area contributed by atoms with Crippen molar-refractivity contribution in [3.05, 3.63) is 65.2 Å². The summed E-state index contributed by atoms with van der Waals surface area (Å²) in [6.45, 7) is 10.7. The minimum absolute atomic E-state index is 0.0348. The van der Waals surface area contributed by atoms with Crippen LogP contribution in [-0.4, -0.2) is 37.2 Å². The summed E-state index contributed by atoms with van der Waals surface area (Å²) in [7, 11) is 1.67. The number of amides is 1. The van der Waals surface area contributed by atoms with Crippen LogP contribution in [0.25, 0.3) is 0 Å². The van der Waals surface area contributed by atoms with E-state index in [1.165, 1.54) is 11.1 Å². The number of rotatable bonds is 9. The zero-order chi connectivity index (χ0) is 23.1. The van der Waals surface area contributed by atoms with Gasteiger partial charge in [0.1, 0.15) is 5.75 Å². The Morgan fingerprint density at radius 2 is 1.84 bits per heavy atom. The van der Waals surface area contributed by atoms with E-state index in [-0.39, 0.29) is 17.4 Å². The first kappa shape index (κ1) is 24.3. The zero-order valence-corrected chi connectivity index (χ0v) is 20.4. The highest BCUT2D eigenvalue weighted by molar-refractivity contribution is 5.75. The lowest BCUT2D eigenvalue weighted by atomic mass is 9.68. The van der Waals surface area contributed by atoms with Crippen LogP contribution >= 0.6 is 0 Å². The monoisotopic (exact) mass is 437 g/mol. The first-order valence-electron chi connectivity index (χ1n) is 12.0. The van der Waals surface area contributed by atoms with Gasteiger partial charge in [-0.05, 0) is 55.4 Å². The summed E-state index contributed by atoms with van der Waals surface area (Å²) in [5, 5.41) is 0. The number of nitrogens with zero attached hydrogens (tertiary/aromatic N) is 1. The molecule has 4 nitrogen and oxygen atoms in total. The summed E-state index contributed by atoms with van der Waals surface area (Å²) in [5.41, 5.74) is 3.82. The fraction of sp³-hybridized carbons (Fsp3) is 0.536. The van der Waals surface area contributed by atoms with Crippen LogP contribution < -0.4 is 4.74 Å². The van der Waals surface area contributed by atoms with Gasteiger partial charge in [0.05, 0.1) is 13.2 Å². The van der Waals surface area contributed by atoms with Gasteiger partial charge in [0.2, 0.25) is 5.91 Å². The minimum Gasteiger partial charge on any atom is -0.497 e. The van der Waals surface area contributed by atoms with Gasteiger partial charge in [-0.3, -0.25) is 4.79 Å². The van der Waals surface area contributed by atoms with E-state index in [0.717, 1.165) is 43.7 Å². The predicted octanol–water partition coefficient (Wildman–Crippen LogP) is 5.91. The molecule has 0 bridgehead atoms. The number of carbonyl (C=O) groups is 1. The van der Waals surface area contributed by atoms with Crippen molar-refractivity contribution in [2.45, 2.75) is 71.4 Å². The van der Waals surface area contributed by atoms with Gasteiger partial charge in [-0.15, -0.1) is 0 Å². The van der Waals surface area contributed by atoms with E-state index in [1.807, 2.05) is 36.1 Å². The molecule has 32 heavy (non-hydrogen) atoms. The van der Waals surface area contributed by atoms with Gasteiger partial charge in [-0.1, -0.05) is 62.7 Å². The molecule has 1 aliphatic rings. The van der Waals surface area contributed by atoms with Gasteiger partial charge in [-0.25, -0.2) is 0 Å². The second-order valence-electron chi connectivity index (χ2n) is 9.52. The molecule has 0 unspecified atom stereocenters. The van der Waals surface area contributed by atoms with Gasteiger partial charge in [-0.2, -0.15) is 0 Å². The number of benzene rings is 2. The Hall–Kier alpha value is -2.33. The van der Waals surface area contributed by atoms with Crippen molar-refractivity contribution in [2.75, 3.05) is 20.3 Å². The number of hydrogen-bond acceptors (Lipinski definition) is 3. The lowest BCUT2D eigenvalue weighted by Crippen LogP contribution is -2.43. The smallest absolute Gasteiger partial charge is 0.222 e. The minimum atomic E-state index is 0.0348. The van der Waals surface area contributed by atoms with Crippen LogP contribution in [0.1, 0.15) is 63.1 Å². The molecule has 174 valence electrons. The van der Waals surface area contributed by atoms with E-state index in [4.69, 9.17) is 9.47 Å². The molecule has 1 heterocycles. The van der Waals surface area contributed by atoms with E-state index >= 15 is 0 Å². The molecule has 0 aromatic heterocycles. The third-order valence-corrected chi connectivity index (χ3v) is 6.96. The molecule has 0 aliphatic carbocycles. The van der Waals surface area contributed by atoms with Crippen molar-refractivity contribution in [1.82, 2.24) is 4.90 Å². The Balaban J connectivity index is 1.82. The van der Waals surface area contributed by atoms with Crippen molar-refractivity contribution < 1.29 is 14.3 Å². The Bertz CT molecular complexity index is 859. The largest absolute Gasteiger partial charge is 0.497 e. The lowest BCUT2D eigenvalue weighted by molar-refractivity contribution is -0.132. The van der Waals surface area contributed by atoms with Gasteiger partial charge in [0, 0.05) is 31.5 Å². The fourth-order valence-corrected chi connectivity index (χ4v) is 4.74. The Morgan fingerprint density at radius 1 is 1.16 bits per heavy atom. The van der Waals surface area contributed by atoms with E-state index in [2.05, 4.69) is 45.0 Å². The van der Waals surface area contributed by atoms with Crippen LogP contribution in [-0.2, 0) is 21.5 Å². The number of methoxy groups -OCH3 is 1. The van der Waals surface area contributed by atoms with E-state index in [0.29, 0.717) is 18.9 Å². The molecule has 0 spiro atoms. The van der Waals surface area contributed by atoms with Gasteiger partial charge < -0.3 is 14.4 Å². The predicted molar refractivity (Wildman–Crippen MR) is 130 cm³/mol. The lowest BCUT2D eigenvalue weighted by Gasteiger charge is -2.44. The van der Waals surface area contributed by atoms with Gasteiger partial charge >= 0.3 is 0 Å². The van der Waals surface area contributed by atoms with Crippen molar-refractivity contribution >= 4 is 5.91 Å². The molecule has 1 fully saturated rings. The van der Waals surface area contributed by atoms with Crippen LogP contribution in [0.5, 0.6) is 5.75 Å². The van der Waals surface area contributed by atoms with Crippen LogP contribution in [0.4, 0.5) is 0 Å². The zero-order valence-electron chi connectivity index (χ0n) is 20.4. The molecule has 0 radical (unpaired) electrons. The maximum Gasteiger partial charge on any atom is 0.222 e. The number of aryl methyl sites for hydroxylation is 1. The molecule has 2 aromatic carbocycles. The normalized spacial score (nSPS) is 20.9. The molecular weight excluding hydrogens is 398 g/mol. The molecule has 0 saturated carbocycles. The van der Waals surface area contributed by atoms with Gasteiger partial charge in [0.15, 0.2) is 0 Å². The Kier molecular flexibility index (Phi) is 8.36. The Morgan fingerprint density at radius 3 is 2.44 bits per heavy atom. The molecule has 2 aromatic rings. The molecular formula is C28H39NO3. The second kappa shape index (κ2) is 11.0. The average Bonchev–Trinajstić information content (AvgIpc) is 2.82. The van der Waals surface area contributed by atoms with Crippen LogP contribution in [0, 0.1) is 12.8 Å². The van der Waals surface area contributed by atoms with Gasteiger partial charge in [0.25, 0.3) is 0 Å². The summed E-state index contributed by atoms with van der Waals surface area (Å²) in [6.07, 6.45) is 3.72. The highest BCUT2D eigenvalue weighted by atomic mass is 16.5. The fourth-order valence-electron chi connectivity index (χ4n) is 4.74. The maximum atomic E-state index is 12.8. The van der Waals surface area contributed by atoms with Crippen LogP contribution in [0.15, 0.2) is 48.5 Å². The van der Waals surface area contributed by atoms with Crippen molar-refractivity contribution in [3.8, 4) is 5.75 Å². The van der Waals surface area contributed by atoms with Crippen LogP contribution in [0.2, 0.25) is 0 Å². The molecule has 3 rings (SSSR count). The van der Waals surface area contributed by atoms with E-state index in [9.17, 15) is 4.79 Å². The summed E-state index contributed by atoms with van der Waals surface area (Å²) in [4.78, 5) is 14.9. The SMILES string of the molecule is CCC(=O)N(CC[C@@]1(c2ccc(C)cc2)CCO[C@H](C(C)C)C1)Cc1ccc(OC)cc1. The summed E-state index contributed by atoms with van der Waals surface area (Å²) < 4.78 is 11.4. The van der Waals surface area contributed by atoms with E-state index in [1.54, 1.807) is 7.11 Å². The highest BCUT2D eigenvalue weighted by Gasteiger charge is 2.39. The van der Waals surface area contributed by atoms with Crippen molar-refractivity contribution in [3.63, 3.8) is 0 Å². The molecule has 1 amide bonds. The number of hydrogen-bond donors (Lipinski definition) is 0. The maximum absolute atomic E-state index is 12.8. The summed E-state index contributed by atoms with van der Waals surface area (Å²) in [5.74, 6) is 1.52. The first-order chi connectivity index (χ1) is 15.4. The Labute approximate surface area is 193 Å². The number of ether oxygens (including phenoxy) is 2. The number of carbonyl (C=O) groups excluding carboxylic acids is 1. The highest BCUT2D eigenvalue weighted by Crippen LogP contribution is 2.42. The first-order valence-corrected chi connectivity index (χ1v) is 12.0. The van der Waals surface area contributed by atoms with Crippen molar-refractivity contribution in [1.29, 1.82) is 0 Å². The quantitative estimate of drug-likeness (QED) is 0.490. The molecule has 1 aliphatic heterocycles. The average molecular weight is 438 g/mol. The molecule has 1 saturated heterocycles. The second-order valence-corrected chi connectivity index (χ2v) is 9.52. The topological polar surface area (TPSA) is 38.8 Å². The molecule has 2 atom stereocenters. The third kappa shape index (κ3) is 5.92. The van der Waals surface area contributed by atoms with Crippen LogP contribution in [0.3, 0.4) is 0 Å². The third-order valence-electron chi connectivity index (χ3n) is 6.96.